The highest BCUT2D eigenvalue weighted by molar-refractivity contribution is 7.99. The van der Waals surface area contributed by atoms with E-state index in [1.54, 1.807) is 6.20 Å². The van der Waals surface area contributed by atoms with Crippen LogP contribution in [0.1, 0.15) is 5.56 Å². The van der Waals surface area contributed by atoms with Crippen LogP contribution in [0.5, 0.6) is 0 Å². The Kier molecular flexibility index (Phi) is 4.10. The predicted octanol–water partition coefficient (Wildman–Crippen LogP) is 2.94. The van der Waals surface area contributed by atoms with Crippen LogP contribution in [-0.2, 0) is 4.79 Å². The van der Waals surface area contributed by atoms with E-state index in [2.05, 4.69) is 27.3 Å². The predicted molar refractivity (Wildman–Crippen MR) is 87.0 cm³/mol. The van der Waals surface area contributed by atoms with Gasteiger partial charge in [-0.05, 0) is 30.7 Å². The van der Waals surface area contributed by atoms with Gasteiger partial charge in [-0.1, -0.05) is 18.2 Å². The number of nitrogens with one attached hydrogen (secondary N) is 1. The molecule has 1 aromatic heterocycles. The van der Waals surface area contributed by atoms with Gasteiger partial charge in [0.05, 0.1) is 12.2 Å². The summed E-state index contributed by atoms with van der Waals surface area (Å²) < 4.78 is 0. The number of rotatable bonds is 3. The van der Waals surface area contributed by atoms with E-state index in [-0.39, 0.29) is 5.91 Å². The summed E-state index contributed by atoms with van der Waals surface area (Å²) >= 11 is 1.84. The second kappa shape index (κ2) is 6.18. The highest BCUT2D eigenvalue weighted by Gasteiger charge is 2.19. The van der Waals surface area contributed by atoms with Gasteiger partial charge in [-0.15, -0.1) is 11.8 Å². The first-order chi connectivity index (χ1) is 10.2. The fraction of sp³-hybridized carbons (Fsp3) is 0.250. The summed E-state index contributed by atoms with van der Waals surface area (Å²) in [5.41, 5.74) is 2.22. The number of fused-ring (bicyclic) bond motifs is 1. The molecule has 2 aromatic rings. The zero-order valence-electron chi connectivity index (χ0n) is 11.9. The molecule has 1 aliphatic rings. The number of pyridine rings is 1. The Morgan fingerprint density at radius 3 is 3.00 bits per heavy atom. The standard InChI is InChI=1S/C16H17N3OS/c1-12-6-7-15(17-10-12)18-16(20)11-19-8-9-21-14-5-3-2-4-13(14)19/h2-7,10H,8-9,11H2,1H3,(H,17,18,20). The summed E-state index contributed by atoms with van der Waals surface area (Å²) in [6.45, 7) is 3.21. The van der Waals surface area contributed by atoms with Crippen molar-refractivity contribution < 1.29 is 4.79 Å². The van der Waals surface area contributed by atoms with Gasteiger partial charge < -0.3 is 10.2 Å². The third kappa shape index (κ3) is 3.36. The number of thioether (sulfide) groups is 1. The van der Waals surface area contributed by atoms with Gasteiger partial charge in [-0.2, -0.15) is 0 Å². The monoisotopic (exact) mass is 299 g/mol. The first-order valence-corrected chi connectivity index (χ1v) is 7.90. The zero-order valence-corrected chi connectivity index (χ0v) is 12.7. The first-order valence-electron chi connectivity index (χ1n) is 6.92. The van der Waals surface area contributed by atoms with E-state index in [4.69, 9.17) is 0 Å². The lowest BCUT2D eigenvalue weighted by atomic mass is 10.2. The molecule has 0 saturated heterocycles. The normalized spacial score (nSPS) is 13.7. The minimum atomic E-state index is -0.0342. The van der Waals surface area contributed by atoms with E-state index >= 15 is 0 Å². The number of para-hydroxylation sites is 1. The highest BCUT2D eigenvalue weighted by Crippen LogP contribution is 2.33. The summed E-state index contributed by atoms with van der Waals surface area (Å²) in [4.78, 5) is 19.7. The van der Waals surface area contributed by atoms with Crippen LogP contribution in [0.3, 0.4) is 0 Å². The molecule has 1 amide bonds. The number of aryl methyl sites for hydroxylation is 1. The Morgan fingerprint density at radius 1 is 1.33 bits per heavy atom. The third-order valence-electron chi connectivity index (χ3n) is 3.34. The maximum Gasteiger partial charge on any atom is 0.245 e. The Labute approximate surface area is 128 Å². The minimum absolute atomic E-state index is 0.0342. The smallest absolute Gasteiger partial charge is 0.245 e. The van der Waals surface area contributed by atoms with Gasteiger partial charge in [0.25, 0.3) is 0 Å². The molecule has 4 nitrogen and oxygen atoms in total. The summed E-state index contributed by atoms with van der Waals surface area (Å²) in [6, 6.07) is 12.0. The lowest BCUT2D eigenvalue weighted by Gasteiger charge is -2.30. The summed E-state index contributed by atoms with van der Waals surface area (Å²) in [5, 5.41) is 2.85. The van der Waals surface area contributed by atoms with Crippen LogP contribution >= 0.6 is 11.8 Å². The maximum absolute atomic E-state index is 12.2. The second-order valence-electron chi connectivity index (χ2n) is 5.01. The van der Waals surface area contributed by atoms with Gasteiger partial charge in [-0.25, -0.2) is 4.98 Å². The van der Waals surface area contributed by atoms with Crippen molar-refractivity contribution in [3.63, 3.8) is 0 Å². The van der Waals surface area contributed by atoms with E-state index in [0.29, 0.717) is 12.4 Å². The average molecular weight is 299 g/mol. The van der Waals surface area contributed by atoms with Crippen molar-refractivity contribution >= 4 is 29.2 Å². The topological polar surface area (TPSA) is 45.2 Å². The molecular formula is C16H17N3OS. The van der Waals surface area contributed by atoms with Crippen LogP contribution in [0.15, 0.2) is 47.5 Å². The molecule has 108 valence electrons. The molecule has 1 N–H and O–H groups in total. The molecule has 0 spiro atoms. The summed E-state index contributed by atoms with van der Waals surface area (Å²) in [5.74, 6) is 1.57. The van der Waals surface area contributed by atoms with Crippen LogP contribution in [0.2, 0.25) is 0 Å². The summed E-state index contributed by atoms with van der Waals surface area (Å²) in [6.07, 6.45) is 1.75. The molecule has 0 atom stereocenters. The number of amides is 1. The van der Waals surface area contributed by atoms with Crippen molar-refractivity contribution in [1.29, 1.82) is 0 Å². The number of benzene rings is 1. The lowest BCUT2D eigenvalue weighted by molar-refractivity contribution is -0.115. The molecule has 5 heteroatoms. The van der Waals surface area contributed by atoms with Crippen molar-refractivity contribution in [3.8, 4) is 0 Å². The Balaban J connectivity index is 1.67. The fourth-order valence-corrected chi connectivity index (χ4v) is 3.34. The Bertz CT molecular complexity index is 642. The first kappa shape index (κ1) is 13.9. The van der Waals surface area contributed by atoms with Crippen molar-refractivity contribution in [3.05, 3.63) is 48.2 Å². The number of hydrogen-bond acceptors (Lipinski definition) is 4. The molecule has 21 heavy (non-hydrogen) atoms. The molecule has 0 aliphatic carbocycles. The molecule has 0 saturated carbocycles. The number of aromatic nitrogens is 1. The van der Waals surface area contributed by atoms with Crippen LogP contribution in [0.4, 0.5) is 11.5 Å². The lowest BCUT2D eigenvalue weighted by Crippen LogP contribution is -2.36. The van der Waals surface area contributed by atoms with Crippen molar-refractivity contribution in [2.24, 2.45) is 0 Å². The van der Waals surface area contributed by atoms with Gasteiger partial charge in [0.1, 0.15) is 5.82 Å². The number of hydrogen-bond donors (Lipinski definition) is 1. The highest BCUT2D eigenvalue weighted by atomic mass is 32.2. The molecule has 0 fully saturated rings. The maximum atomic E-state index is 12.2. The van der Waals surface area contributed by atoms with E-state index in [0.717, 1.165) is 23.5 Å². The number of carbonyl (C=O) groups excluding carboxylic acids is 1. The van der Waals surface area contributed by atoms with Crippen LogP contribution in [0, 0.1) is 6.92 Å². The second-order valence-corrected chi connectivity index (χ2v) is 6.14. The average Bonchev–Trinajstić information content (AvgIpc) is 2.50. The molecule has 0 bridgehead atoms. The van der Waals surface area contributed by atoms with Crippen molar-refractivity contribution in [2.75, 3.05) is 29.1 Å². The molecule has 3 rings (SSSR count). The van der Waals surface area contributed by atoms with Gasteiger partial charge >= 0.3 is 0 Å². The molecule has 0 radical (unpaired) electrons. The Morgan fingerprint density at radius 2 is 2.19 bits per heavy atom. The quantitative estimate of drug-likeness (QED) is 0.946. The van der Waals surface area contributed by atoms with Crippen LogP contribution in [0.25, 0.3) is 0 Å². The molecule has 0 unspecified atom stereocenters. The number of nitrogens with zero attached hydrogens (tertiary/aromatic N) is 2. The molecule has 1 aromatic carbocycles. The molecule has 2 heterocycles. The largest absolute Gasteiger partial charge is 0.360 e. The van der Waals surface area contributed by atoms with Crippen molar-refractivity contribution in [2.45, 2.75) is 11.8 Å². The minimum Gasteiger partial charge on any atom is -0.360 e. The fourth-order valence-electron chi connectivity index (χ4n) is 2.29. The SMILES string of the molecule is Cc1ccc(NC(=O)CN2CCSc3ccccc32)nc1. The number of anilines is 2. The van der Waals surface area contributed by atoms with E-state index in [9.17, 15) is 4.79 Å². The zero-order chi connectivity index (χ0) is 14.7. The molecule has 1 aliphatic heterocycles. The third-order valence-corrected chi connectivity index (χ3v) is 4.38. The van der Waals surface area contributed by atoms with Gasteiger partial charge in [-0.3, -0.25) is 4.79 Å². The van der Waals surface area contributed by atoms with Crippen LogP contribution in [-0.4, -0.2) is 29.7 Å². The number of carbonyl (C=O) groups is 1. The van der Waals surface area contributed by atoms with E-state index in [1.807, 2.05) is 43.0 Å². The Hall–Kier alpha value is -2.01. The molecular weight excluding hydrogens is 282 g/mol. The van der Waals surface area contributed by atoms with Crippen LogP contribution < -0.4 is 10.2 Å². The van der Waals surface area contributed by atoms with Crippen molar-refractivity contribution in [1.82, 2.24) is 4.98 Å². The van der Waals surface area contributed by atoms with Gasteiger partial charge in [0, 0.05) is 23.4 Å². The summed E-state index contributed by atoms with van der Waals surface area (Å²) in [7, 11) is 0. The van der Waals surface area contributed by atoms with E-state index in [1.165, 1.54) is 4.90 Å². The van der Waals surface area contributed by atoms with Gasteiger partial charge in [0.2, 0.25) is 5.91 Å². The van der Waals surface area contributed by atoms with E-state index < -0.39 is 0 Å². The van der Waals surface area contributed by atoms with Gasteiger partial charge in [0.15, 0.2) is 0 Å².